The summed E-state index contributed by atoms with van der Waals surface area (Å²) in [5, 5.41) is 11.4. The molecule has 3 rings (SSSR count). The van der Waals surface area contributed by atoms with Gasteiger partial charge in [0.05, 0.1) is 25.8 Å². The number of amides is 1. The van der Waals surface area contributed by atoms with Crippen LogP contribution in [0.5, 0.6) is 11.5 Å². The van der Waals surface area contributed by atoms with Gasteiger partial charge in [-0.3, -0.25) is 9.59 Å². The first-order chi connectivity index (χ1) is 16.3. The normalized spacial score (nSPS) is 17.5. The van der Waals surface area contributed by atoms with E-state index in [9.17, 15) is 14.7 Å². The van der Waals surface area contributed by atoms with E-state index in [2.05, 4.69) is 18.7 Å². The fraction of sp³-hybridized carbons (Fsp3) is 0.407. The lowest BCUT2D eigenvalue weighted by Crippen LogP contribution is -2.38. The number of carbonyl (C=O) groups excluding carboxylic acids is 2. The number of aliphatic hydroxyl groups excluding tert-OH is 1. The topological polar surface area (TPSA) is 79.3 Å². The van der Waals surface area contributed by atoms with Crippen LogP contribution < -0.4 is 9.47 Å². The minimum Gasteiger partial charge on any atom is -0.507 e. The first-order valence-corrected chi connectivity index (χ1v) is 11.6. The number of methoxy groups -OCH3 is 2. The van der Waals surface area contributed by atoms with Crippen molar-refractivity contribution in [3.05, 3.63) is 64.2 Å². The molecule has 1 heterocycles. The number of rotatable bonds is 9. The van der Waals surface area contributed by atoms with Gasteiger partial charge in [0.2, 0.25) is 0 Å². The molecule has 2 aromatic carbocycles. The molecule has 1 atom stereocenters. The number of aryl methyl sites for hydroxylation is 2. The standard InChI is InChI=1S/C27H34N2O5/c1-7-28(8-2)12-13-29-24(19-10-9-11-20(16-19)33-5)23(26(31)27(29)32)25(30)21-14-18(4)22(34-6)15-17(21)3/h9-11,14-16,24,30H,7-8,12-13H2,1-6H3/b25-23+. The van der Waals surface area contributed by atoms with E-state index in [1.54, 1.807) is 31.3 Å². The van der Waals surface area contributed by atoms with Gasteiger partial charge in [0.15, 0.2) is 0 Å². The minimum atomic E-state index is -0.715. The van der Waals surface area contributed by atoms with Crippen molar-refractivity contribution in [2.24, 2.45) is 0 Å². The molecule has 1 aliphatic rings. The molecule has 0 spiro atoms. The van der Waals surface area contributed by atoms with Gasteiger partial charge in [-0.1, -0.05) is 26.0 Å². The third-order valence-electron chi connectivity index (χ3n) is 6.50. The van der Waals surface area contributed by atoms with Crippen LogP contribution in [0, 0.1) is 13.8 Å². The molecule has 0 bridgehead atoms. The first kappa shape index (κ1) is 25.3. The molecule has 182 valence electrons. The van der Waals surface area contributed by atoms with E-state index >= 15 is 0 Å². The summed E-state index contributed by atoms with van der Waals surface area (Å²) in [7, 11) is 3.16. The molecule has 1 amide bonds. The van der Waals surface area contributed by atoms with Gasteiger partial charge in [-0.2, -0.15) is 0 Å². The molecule has 1 N–H and O–H groups in total. The predicted molar refractivity (Wildman–Crippen MR) is 132 cm³/mol. The maximum Gasteiger partial charge on any atom is 0.295 e. The number of aliphatic hydroxyl groups is 1. The van der Waals surface area contributed by atoms with Crippen LogP contribution in [0.3, 0.4) is 0 Å². The molecule has 0 aliphatic carbocycles. The summed E-state index contributed by atoms with van der Waals surface area (Å²) < 4.78 is 10.8. The van der Waals surface area contributed by atoms with Crippen molar-refractivity contribution in [1.82, 2.24) is 9.80 Å². The van der Waals surface area contributed by atoms with Crippen molar-refractivity contribution in [2.75, 3.05) is 40.4 Å². The Morgan fingerprint density at radius 1 is 1.03 bits per heavy atom. The lowest BCUT2D eigenvalue weighted by Gasteiger charge is -2.28. The largest absolute Gasteiger partial charge is 0.507 e. The highest BCUT2D eigenvalue weighted by atomic mass is 16.5. The van der Waals surface area contributed by atoms with Crippen LogP contribution in [-0.2, 0) is 9.59 Å². The smallest absolute Gasteiger partial charge is 0.295 e. The number of hydrogen-bond acceptors (Lipinski definition) is 6. The number of ketones is 1. The van der Waals surface area contributed by atoms with Gasteiger partial charge in [-0.15, -0.1) is 0 Å². The van der Waals surface area contributed by atoms with Crippen molar-refractivity contribution in [3.63, 3.8) is 0 Å². The third kappa shape index (κ3) is 4.80. The van der Waals surface area contributed by atoms with E-state index in [-0.39, 0.29) is 11.3 Å². The lowest BCUT2D eigenvalue weighted by atomic mass is 9.93. The number of hydrogen-bond donors (Lipinski definition) is 1. The fourth-order valence-corrected chi connectivity index (χ4v) is 4.47. The van der Waals surface area contributed by atoms with Crippen LogP contribution >= 0.6 is 0 Å². The Labute approximate surface area is 201 Å². The molecule has 0 radical (unpaired) electrons. The molecular weight excluding hydrogens is 432 g/mol. The van der Waals surface area contributed by atoms with E-state index in [0.717, 1.165) is 24.2 Å². The highest BCUT2D eigenvalue weighted by Gasteiger charge is 2.46. The fourth-order valence-electron chi connectivity index (χ4n) is 4.47. The Morgan fingerprint density at radius 2 is 1.74 bits per heavy atom. The van der Waals surface area contributed by atoms with Gasteiger partial charge in [-0.05, 0) is 67.9 Å². The molecule has 0 aromatic heterocycles. The summed E-state index contributed by atoms with van der Waals surface area (Å²) in [6.45, 7) is 10.5. The molecule has 1 unspecified atom stereocenters. The van der Waals surface area contributed by atoms with E-state index in [0.29, 0.717) is 35.7 Å². The number of benzene rings is 2. The maximum atomic E-state index is 13.3. The van der Waals surface area contributed by atoms with Gasteiger partial charge >= 0.3 is 0 Å². The number of likely N-dealkylation sites (N-methyl/N-ethyl adjacent to an activating group) is 1. The molecule has 0 saturated carbocycles. The molecule has 1 saturated heterocycles. The van der Waals surface area contributed by atoms with Crippen LogP contribution in [0.2, 0.25) is 0 Å². The summed E-state index contributed by atoms with van der Waals surface area (Å²) in [5.74, 6) is -0.164. The monoisotopic (exact) mass is 466 g/mol. The molecule has 7 heteroatoms. The van der Waals surface area contributed by atoms with Gasteiger partial charge in [0, 0.05) is 18.7 Å². The zero-order valence-corrected chi connectivity index (χ0v) is 20.8. The Balaban J connectivity index is 2.18. The second-order valence-corrected chi connectivity index (χ2v) is 8.43. The SMILES string of the molecule is CCN(CC)CCN1C(=O)C(=O)/C(=C(/O)c2cc(C)c(OC)cc2C)C1c1cccc(OC)c1. The average Bonchev–Trinajstić information content (AvgIpc) is 3.10. The van der Waals surface area contributed by atoms with Crippen LogP contribution in [0.15, 0.2) is 42.0 Å². The van der Waals surface area contributed by atoms with E-state index in [4.69, 9.17) is 9.47 Å². The van der Waals surface area contributed by atoms with E-state index < -0.39 is 17.7 Å². The van der Waals surface area contributed by atoms with Gasteiger partial charge in [-0.25, -0.2) is 0 Å². The van der Waals surface area contributed by atoms with Crippen molar-refractivity contribution in [3.8, 4) is 11.5 Å². The lowest BCUT2D eigenvalue weighted by molar-refractivity contribution is -0.140. The Kier molecular flexibility index (Phi) is 7.99. The highest BCUT2D eigenvalue weighted by Crippen LogP contribution is 2.41. The number of likely N-dealkylation sites (tertiary alicyclic amines) is 1. The molecule has 2 aromatic rings. The van der Waals surface area contributed by atoms with Gasteiger partial charge in [0.25, 0.3) is 11.7 Å². The van der Waals surface area contributed by atoms with Crippen molar-refractivity contribution < 1.29 is 24.2 Å². The predicted octanol–water partition coefficient (Wildman–Crippen LogP) is 4.08. The Hall–Kier alpha value is -3.32. The van der Waals surface area contributed by atoms with Gasteiger partial charge < -0.3 is 24.4 Å². The van der Waals surface area contributed by atoms with Crippen molar-refractivity contribution in [2.45, 2.75) is 33.7 Å². The maximum absolute atomic E-state index is 13.3. The number of carbonyl (C=O) groups is 2. The average molecular weight is 467 g/mol. The molecule has 1 fully saturated rings. The summed E-state index contributed by atoms with van der Waals surface area (Å²) in [5.41, 5.74) is 2.88. The zero-order valence-electron chi connectivity index (χ0n) is 20.8. The first-order valence-electron chi connectivity index (χ1n) is 11.6. The highest BCUT2D eigenvalue weighted by molar-refractivity contribution is 6.46. The van der Waals surface area contributed by atoms with Crippen LogP contribution in [0.1, 0.15) is 42.1 Å². The van der Waals surface area contributed by atoms with Crippen LogP contribution in [-0.4, -0.2) is 67.0 Å². The van der Waals surface area contributed by atoms with E-state index in [1.807, 2.05) is 38.1 Å². The summed E-state index contributed by atoms with van der Waals surface area (Å²) in [6, 6.07) is 10.2. The minimum absolute atomic E-state index is 0.0884. The third-order valence-corrected chi connectivity index (χ3v) is 6.50. The second kappa shape index (κ2) is 10.7. The second-order valence-electron chi connectivity index (χ2n) is 8.43. The Morgan fingerprint density at radius 3 is 2.35 bits per heavy atom. The summed E-state index contributed by atoms with van der Waals surface area (Å²) >= 11 is 0. The van der Waals surface area contributed by atoms with Crippen LogP contribution in [0.25, 0.3) is 5.76 Å². The molecule has 7 nitrogen and oxygen atoms in total. The van der Waals surface area contributed by atoms with E-state index in [1.165, 1.54) is 0 Å². The number of nitrogens with zero attached hydrogens (tertiary/aromatic N) is 2. The quantitative estimate of drug-likeness (QED) is 0.341. The molecule has 34 heavy (non-hydrogen) atoms. The van der Waals surface area contributed by atoms with Crippen molar-refractivity contribution >= 4 is 17.4 Å². The molecular formula is C27H34N2O5. The van der Waals surface area contributed by atoms with Crippen LogP contribution in [0.4, 0.5) is 0 Å². The summed E-state index contributed by atoms with van der Waals surface area (Å²) in [4.78, 5) is 30.2. The number of ether oxygens (including phenoxy) is 2. The molecule has 1 aliphatic heterocycles. The van der Waals surface area contributed by atoms with Gasteiger partial charge in [0.1, 0.15) is 17.3 Å². The Bertz CT molecular complexity index is 1100. The zero-order chi connectivity index (χ0) is 25.0. The van der Waals surface area contributed by atoms with Crippen molar-refractivity contribution in [1.29, 1.82) is 0 Å². The number of Topliss-reactive ketones (excluding diaryl/α,β-unsaturated/α-hetero) is 1. The summed E-state index contributed by atoms with van der Waals surface area (Å²) in [6.07, 6.45) is 0.